The Kier molecular flexibility index (Phi) is 9.26. The molecule has 0 fully saturated rings. The first-order valence-electron chi connectivity index (χ1n) is 11.7. The number of aromatic amines is 1. The minimum Gasteiger partial charge on any atom is -0.497 e. The molecule has 0 atom stereocenters. The summed E-state index contributed by atoms with van der Waals surface area (Å²) in [6.45, 7) is 3.87. The van der Waals surface area contributed by atoms with E-state index >= 15 is 0 Å². The van der Waals surface area contributed by atoms with Crippen LogP contribution in [0.4, 0.5) is 4.79 Å². The molecule has 0 bridgehead atoms. The molecule has 0 saturated carbocycles. The number of unbranched alkanes of at least 4 members (excludes halogenated alkanes) is 2. The van der Waals surface area contributed by atoms with E-state index in [1.165, 1.54) is 14.2 Å². The monoisotopic (exact) mass is 501 g/mol. The van der Waals surface area contributed by atoms with Crippen LogP contribution in [0, 0.1) is 0 Å². The lowest BCUT2D eigenvalue weighted by Gasteiger charge is -2.14. The van der Waals surface area contributed by atoms with E-state index in [1.807, 2.05) is 0 Å². The summed E-state index contributed by atoms with van der Waals surface area (Å²) in [6.07, 6.45) is 2.13. The fraction of sp³-hybridized carbons (Fsp3) is 0.385. The van der Waals surface area contributed by atoms with E-state index < -0.39 is 18.7 Å². The number of carbonyl (C=O) groups is 2. The van der Waals surface area contributed by atoms with Crippen LogP contribution in [0.25, 0.3) is 22.0 Å². The minimum absolute atomic E-state index is 0.0963. The zero-order chi connectivity index (χ0) is 26.1. The van der Waals surface area contributed by atoms with Gasteiger partial charge in [0.1, 0.15) is 11.5 Å². The minimum atomic E-state index is -1.14. The van der Waals surface area contributed by atoms with E-state index in [0.29, 0.717) is 45.9 Å². The molecule has 3 aromatic rings. The van der Waals surface area contributed by atoms with Crippen molar-refractivity contribution >= 4 is 23.0 Å². The summed E-state index contributed by atoms with van der Waals surface area (Å²) in [4.78, 5) is 26.5. The first-order valence-corrected chi connectivity index (χ1v) is 11.7. The van der Waals surface area contributed by atoms with E-state index in [0.717, 1.165) is 19.3 Å². The topological polar surface area (TPSA) is 126 Å². The molecule has 0 aliphatic heterocycles. The second-order valence-electron chi connectivity index (χ2n) is 7.76. The van der Waals surface area contributed by atoms with E-state index in [-0.39, 0.29) is 18.2 Å². The Balaban J connectivity index is 2.17. The lowest BCUT2D eigenvalue weighted by Crippen LogP contribution is -2.11. The Hall–Kier alpha value is -4.08. The number of aliphatic carboxylic acids is 1. The van der Waals surface area contributed by atoms with Crippen LogP contribution in [0.3, 0.4) is 0 Å². The number of nitrogens with one attached hydrogen (secondary N) is 1. The van der Waals surface area contributed by atoms with Gasteiger partial charge >= 0.3 is 12.1 Å². The molecule has 0 aliphatic rings. The highest BCUT2D eigenvalue weighted by Crippen LogP contribution is 2.46. The average molecular weight is 502 g/mol. The molecule has 3 rings (SSSR count). The van der Waals surface area contributed by atoms with Crippen molar-refractivity contribution in [3.8, 4) is 40.0 Å². The highest BCUT2D eigenvalue weighted by molar-refractivity contribution is 6.02. The van der Waals surface area contributed by atoms with Gasteiger partial charge in [0.25, 0.3) is 0 Å². The first kappa shape index (κ1) is 26.5. The van der Waals surface area contributed by atoms with Gasteiger partial charge in [-0.05, 0) is 31.5 Å². The number of carbonyl (C=O) groups excluding carboxylic acids is 1. The number of methoxy groups -OCH3 is 2. The molecule has 10 heteroatoms. The molecule has 194 valence electrons. The van der Waals surface area contributed by atoms with E-state index in [4.69, 9.17) is 33.5 Å². The van der Waals surface area contributed by atoms with Gasteiger partial charge in [-0.3, -0.25) is 0 Å². The third-order valence-corrected chi connectivity index (χ3v) is 5.31. The normalized spacial score (nSPS) is 10.7. The molecule has 0 aliphatic carbocycles. The number of H-pyrrole nitrogens is 1. The molecule has 0 saturated heterocycles. The zero-order valence-corrected chi connectivity index (χ0v) is 20.8. The van der Waals surface area contributed by atoms with Crippen LogP contribution in [-0.2, 0) is 9.53 Å². The van der Waals surface area contributed by atoms with Gasteiger partial charge in [-0.1, -0.05) is 19.8 Å². The predicted molar refractivity (Wildman–Crippen MR) is 133 cm³/mol. The fourth-order valence-corrected chi connectivity index (χ4v) is 3.65. The summed E-state index contributed by atoms with van der Waals surface area (Å²) >= 11 is 0. The van der Waals surface area contributed by atoms with Gasteiger partial charge in [0.15, 0.2) is 18.1 Å². The number of rotatable bonds is 13. The van der Waals surface area contributed by atoms with Crippen molar-refractivity contribution in [1.29, 1.82) is 0 Å². The number of aromatic nitrogens is 1. The number of carboxylic acid groups (broad SMARTS) is 1. The Labute approximate surface area is 209 Å². The number of hydrogen-bond acceptors (Lipinski definition) is 8. The Morgan fingerprint density at radius 2 is 1.75 bits per heavy atom. The second-order valence-corrected chi connectivity index (χ2v) is 7.76. The largest absolute Gasteiger partial charge is 0.515 e. The van der Waals surface area contributed by atoms with Crippen LogP contribution >= 0.6 is 0 Å². The Bertz CT molecular complexity index is 1200. The smallest absolute Gasteiger partial charge is 0.497 e. The zero-order valence-electron chi connectivity index (χ0n) is 20.8. The summed E-state index contributed by atoms with van der Waals surface area (Å²) in [6, 6.07) is 8.48. The van der Waals surface area contributed by atoms with Crippen LogP contribution in [0.1, 0.15) is 33.1 Å². The Morgan fingerprint density at radius 3 is 2.42 bits per heavy atom. The lowest BCUT2D eigenvalue weighted by atomic mass is 10.0. The molecule has 0 spiro atoms. The maximum absolute atomic E-state index is 12.2. The number of fused-ring (bicyclic) bond motifs is 1. The van der Waals surface area contributed by atoms with Gasteiger partial charge in [0.2, 0.25) is 5.88 Å². The van der Waals surface area contributed by atoms with Gasteiger partial charge in [-0.15, -0.1) is 0 Å². The number of carboxylic acids is 1. The van der Waals surface area contributed by atoms with Crippen molar-refractivity contribution in [3.05, 3.63) is 30.3 Å². The molecule has 1 aromatic heterocycles. The average Bonchev–Trinajstić information content (AvgIpc) is 3.20. The summed E-state index contributed by atoms with van der Waals surface area (Å²) in [5, 5.41) is 9.79. The molecule has 0 radical (unpaired) electrons. The fourth-order valence-electron chi connectivity index (χ4n) is 3.65. The van der Waals surface area contributed by atoms with Gasteiger partial charge in [0.05, 0.1) is 38.5 Å². The quantitative estimate of drug-likeness (QED) is 0.233. The van der Waals surface area contributed by atoms with Crippen molar-refractivity contribution < 1.29 is 43.1 Å². The van der Waals surface area contributed by atoms with Gasteiger partial charge in [0, 0.05) is 23.1 Å². The maximum atomic E-state index is 12.2. The number of hydrogen-bond donors (Lipinski definition) is 2. The third-order valence-electron chi connectivity index (χ3n) is 5.31. The van der Waals surface area contributed by atoms with Gasteiger partial charge < -0.3 is 38.5 Å². The van der Waals surface area contributed by atoms with Crippen molar-refractivity contribution in [2.75, 3.05) is 34.0 Å². The molecule has 0 amide bonds. The SMILES string of the molecule is CCCCCOc1cc2[nH]c(OC(=O)OCC)c(-c3ccc(OC)cc3OCC(=O)O)c2cc1OC. The summed E-state index contributed by atoms with van der Waals surface area (Å²) in [5.41, 5.74) is 1.54. The van der Waals surface area contributed by atoms with Crippen LogP contribution < -0.4 is 23.7 Å². The summed E-state index contributed by atoms with van der Waals surface area (Å²) < 4.78 is 32.8. The van der Waals surface area contributed by atoms with Crippen molar-refractivity contribution in [2.45, 2.75) is 33.1 Å². The third kappa shape index (κ3) is 6.32. The first-order chi connectivity index (χ1) is 17.4. The van der Waals surface area contributed by atoms with Crippen LogP contribution in [-0.4, -0.2) is 56.3 Å². The van der Waals surface area contributed by atoms with E-state index in [2.05, 4.69) is 11.9 Å². The predicted octanol–water partition coefficient (Wildman–Crippen LogP) is 5.42. The Morgan fingerprint density at radius 1 is 0.944 bits per heavy atom. The number of benzene rings is 2. The molecular weight excluding hydrogens is 470 g/mol. The second kappa shape index (κ2) is 12.6. The molecule has 1 heterocycles. The standard InChI is InChI=1S/C26H31NO9/c1-5-7-8-11-34-22-14-19-18(13-21(22)32-4)24(25(27-19)36-26(30)33-6-2)17-10-9-16(31-3)12-20(17)35-15-23(28)29/h9-10,12-14,27H,5-8,11,15H2,1-4H3,(H,28,29). The van der Waals surface area contributed by atoms with Crippen molar-refractivity contribution in [2.24, 2.45) is 0 Å². The molecule has 0 unspecified atom stereocenters. The van der Waals surface area contributed by atoms with Gasteiger partial charge in [-0.2, -0.15) is 0 Å². The molecule has 36 heavy (non-hydrogen) atoms. The molecular formula is C26H31NO9. The molecule has 2 N–H and O–H groups in total. The highest BCUT2D eigenvalue weighted by Gasteiger charge is 2.24. The summed E-state index contributed by atoms with van der Waals surface area (Å²) in [7, 11) is 3.03. The van der Waals surface area contributed by atoms with Gasteiger partial charge in [-0.25, -0.2) is 9.59 Å². The van der Waals surface area contributed by atoms with Crippen LogP contribution in [0.2, 0.25) is 0 Å². The molecule has 2 aromatic carbocycles. The van der Waals surface area contributed by atoms with E-state index in [1.54, 1.807) is 37.3 Å². The number of ether oxygens (including phenoxy) is 6. The lowest BCUT2D eigenvalue weighted by molar-refractivity contribution is -0.139. The maximum Gasteiger partial charge on any atom is 0.515 e. The van der Waals surface area contributed by atoms with Crippen molar-refractivity contribution in [3.63, 3.8) is 0 Å². The highest BCUT2D eigenvalue weighted by atomic mass is 16.7. The van der Waals surface area contributed by atoms with E-state index in [9.17, 15) is 9.59 Å². The summed E-state index contributed by atoms with van der Waals surface area (Å²) in [5.74, 6) is 0.672. The van der Waals surface area contributed by atoms with Crippen molar-refractivity contribution in [1.82, 2.24) is 4.98 Å². The van der Waals surface area contributed by atoms with Crippen LogP contribution in [0.15, 0.2) is 30.3 Å². The molecule has 10 nitrogen and oxygen atoms in total. The van der Waals surface area contributed by atoms with Crippen LogP contribution in [0.5, 0.6) is 28.9 Å².